The summed E-state index contributed by atoms with van der Waals surface area (Å²) in [7, 11) is 1.51. The van der Waals surface area contributed by atoms with Crippen LogP contribution in [0.15, 0.2) is 108 Å². The van der Waals surface area contributed by atoms with Gasteiger partial charge in [-0.3, -0.25) is 14.4 Å². The number of rotatable bonds is 10. The van der Waals surface area contributed by atoms with Crippen molar-refractivity contribution in [3.63, 3.8) is 0 Å². The molecule has 3 amide bonds. The molecular formula is C33H27ClF3N3O4S. The first-order valence-corrected chi connectivity index (χ1v) is 14.7. The van der Waals surface area contributed by atoms with Crippen LogP contribution in [0.2, 0.25) is 5.02 Å². The number of halogens is 4. The van der Waals surface area contributed by atoms with Crippen LogP contribution in [0.1, 0.15) is 28.4 Å². The monoisotopic (exact) mass is 653 g/mol. The SMILES string of the molecule is COc1cccc(/C=C(\NC(=O)c2ccccc2)C(=O)Nc2cccc(SC(C)C(=O)Nc3ccc(Cl)cc3C(F)(F)F)c2)c1. The highest BCUT2D eigenvalue weighted by Gasteiger charge is 2.34. The third-order valence-corrected chi connectivity index (χ3v) is 7.58. The standard InChI is InChI=1S/C33H27ClF3N3O4S/c1-20(30(41)39-28-15-14-23(34)18-27(28)33(35,36)37)45-26-13-7-11-24(19-26)38-32(43)29(17-21-8-6-12-25(16-21)44-2)40-31(42)22-9-4-3-5-10-22/h3-20H,1-2H3,(H,38,43)(H,39,41)(H,40,42)/b29-17-. The highest BCUT2D eigenvalue weighted by molar-refractivity contribution is 8.00. The maximum atomic E-state index is 13.5. The van der Waals surface area contributed by atoms with Crippen LogP contribution in [-0.2, 0) is 15.8 Å². The van der Waals surface area contributed by atoms with Gasteiger partial charge in [-0.2, -0.15) is 13.2 Å². The molecule has 3 N–H and O–H groups in total. The molecule has 0 bridgehead atoms. The maximum absolute atomic E-state index is 13.5. The fourth-order valence-corrected chi connectivity index (χ4v) is 5.14. The Bertz CT molecular complexity index is 1730. The van der Waals surface area contributed by atoms with E-state index in [0.29, 0.717) is 27.5 Å². The first-order valence-electron chi connectivity index (χ1n) is 13.4. The molecule has 45 heavy (non-hydrogen) atoms. The number of nitrogens with one attached hydrogen (secondary N) is 3. The van der Waals surface area contributed by atoms with Gasteiger partial charge in [0.2, 0.25) is 5.91 Å². The van der Waals surface area contributed by atoms with E-state index in [4.69, 9.17) is 16.3 Å². The zero-order valence-electron chi connectivity index (χ0n) is 23.9. The number of thioether (sulfide) groups is 1. The van der Waals surface area contributed by atoms with Gasteiger partial charge in [0.25, 0.3) is 11.8 Å². The molecule has 0 fully saturated rings. The van der Waals surface area contributed by atoms with Gasteiger partial charge in [-0.1, -0.05) is 48.0 Å². The van der Waals surface area contributed by atoms with Gasteiger partial charge in [0.15, 0.2) is 0 Å². The van der Waals surface area contributed by atoms with Crippen molar-refractivity contribution < 1.29 is 32.3 Å². The third-order valence-electron chi connectivity index (χ3n) is 6.25. The van der Waals surface area contributed by atoms with Gasteiger partial charge >= 0.3 is 6.18 Å². The first kappa shape index (κ1) is 33.2. The summed E-state index contributed by atoms with van der Waals surface area (Å²) in [5.74, 6) is -1.20. The molecule has 1 unspecified atom stereocenters. The van der Waals surface area contributed by atoms with Crippen LogP contribution < -0.4 is 20.7 Å². The quantitative estimate of drug-likeness (QED) is 0.119. The number of methoxy groups -OCH3 is 1. The van der Waals surface area contributed by atoms with Gasteiger partial charge < -0.3 is 20.7 Å². The van der Waals surface area contributed by atoms with E-state index in [1.54, 1.807) is 85.8 Å². The van der Waals surface area contributed by atoms with Crippen molar-refractivity contribution >= 4 is 58.5 Å². The van der Waals surface area contributed by atoms with Gasteiger partial charge in [0.1, 0.15) is 11.4 Å². The molecule has 4 rings (SSSR count). The Morgan fingerprint density at radius 2 is 1.62 bits per heavy atom. The second-order valence-electron chi connectivity index (χ2n) is 9.57. The molecule has 4 aromatic rings. The van der Waals surface area contributed by atoms with Gasteiger partial charge in [-0.15, -0.1) is 11.8 Å². The molecule has 0 aromatic heterocycles. The minimum Gasteiger partial charge on any atom is -0.497 e. The lowest BCUT2D eigenvalue weighted by molar-refractivity contribution is -0.137. The van der Waals surface area contributed by atoms with Crippen LogP contribution in [-0.4, -0.2) is 30.1 Å². The Balaban J connectivity index is 1.50. The van der Waals surface area contributed by atoms with Crippen LogP contribution >= 0.6 is 23.4 Å². The molecule has 7 nitrogen and oxygen atoms in total. The summed E-state index contributed by atoms with van der Waals surface area (Å²) in [5, 5.41) is 6.83. The lowest BCUT2D eigenvalue weighted by Crippen LogP contribution is -2.30. The highest BCUT2D eigenvalue weighted by Crippen LogP contribution is 2.37. The molecule has 232 valence electrons. The van der Waals surface area contributed by atoms with E-state index in [2.05, 4.69) is 16.0 Å². The molecule has 0 aliphatic heterocycles. The maximum Gasteiger partial charge on any atom is 0.418 e. The number of amides is 3. The van der Waals surface area contributed by atoms with Crippen molar-refractivity contribution in [3.8, 4) is 5.75 Å². The molecule has 0 heterocycles. The number of hydrogen-bond donors (Lipinski definition) is 3. The van der Waals surface area contributed by atoms with Crippen molar-refractivity contribution in [2.24, 2.45) is 0 Å². The van der Waals surface area contributed by atoms with E-state index in [0.717, 1.165) is 23.9 Å². The van der Waals surface area contributed by atoms with Crippen LogP contribution in [0.3, 0.4) is 0 Å². The Hall–Kier alpha value is -4.74. The van der Waals surface area contributed by atoms with Gasteiger partial charge in [0, 0.05) is 21.2 Å². The summed E-state index contributed by atoms with van der Waals surface area (Å²) in [5.41, 5.74) is -0.174. The Morgan fingerprint density at radius 1 is 0.889 bits per heavy atom. The molecular weight excluding hydrogens is 627 g/mol. The normalized spacial score (nSPS) is 12.2. The van der Waals surface area contributed by atoms with Crippen LogP contribution in [0, 0.1) is 0 Å². The fraction of sp³-hybridized carbons (Fsp3) is 0.121. The number of ether oxygens (including phenoxy) is 1. The Labute approximate surface area is 266 Å². The summed E-state index contributed by atoms with van der Waals surface area (Å²) in [4.78, 5) is 39.7. The fourth-order valence-electron chi connectivity index (χ4n) is 4.04. The highest BCUT2D eigenvalue weighted by atomic mass is 35.5. The lowest BCUT2D eigenvalue weighted by Gasteiger charge is -2.17. The molecule has 0 spiro atoms. The largest absolute Gasteiger partial charge is 0.497 e. The van der Waals surface area contributed by atoms with Crippen LogP contribution in [0.4, 0.5) is 24.5 Å². The minimum absolute atomic E-state index is 0.0358. The van der Waals surface area contributed by atoms with Crippen molar-refractivity contribution in [1.82, 2.24) is 5.32 Å². The zero-order chi connectivity index (χ0) is 32.6. The van der Waals surface area contributed by atoms with Crippen molar-refractivity contribution in [1.29, 1.82) is 0 Å². The van der Waals surface area contributed by atoms with Crippen molar-refractivity contribution in [2.75, 3.05) is 17.7 Å². The Morgan fingerprint density at radius 3 is 2.33 bits per heavy atom. The predicted octanol–water partition coefficient (Wildman–Crippen LogP) is 7.90. The number of carbonyl (C=O) groups is 3. The van der Waals surface area contributed by atoms with Crippen molar-refractivity contribution in [3.05, 3.63) is 124 Å². The predicted molar refractivity (Wildman–Crippen MR) is 170 cm³/mol. The minimum atomic E-state index is -4.71. The van der Waals surface area contributed by atoms with Gasteiger partial charge in [-0.25, -0.2) is 0 Å². The number of hydrogen-bond acceptors (Lipinski definition) is 5. The Kier molecular flexibility index (Phi) is 10.9. The number of anilines is 2. The second kappa shape index (κ2) is 14.8. The molecule has 1 atom stereocenters. The van der Waals surface area contributed by atoms with Crippen LogP contribution in [0.25, 0.3) is 6.08 Å². The lowest BCUT2D eigenvalue weighted by atomic mass is 10.1. The topological polar surface area (TPSA) is 96.5 Å². The number of alkyl halides is 3. The van der Waals surface area contributed by atoms with E-state index >= 15 is 0 Å². The third kappa shape index (κ3) is 9.37. The van der Waals surface area contributed by atoms with Gasteiger partial charge in [0.05, 0.1) is 23.6 Å². The molecule has 0 aliphatic carbocycles. The van der Waals surface area contributed by atoms with E-state index in [1.807, 2.05) is 0 Å². The zero-order valence-corrected chi connectivity index (χ0v) is 25.5. The van der Waals surface area contributed by atoms with Crippen molar-refractivity contribution in [2.45, 2.75) is 23.2 Å². The number of benzene rings is 4. The average molecular weight is 654 g/mol. The summed E-state index contributed by atoms with van der Waals surface area (Å²) < 4.78 is 45.6. The van der Waals surface area contributed by atoms with E-state index in [9.17, 15) is 27.6 Å². The van der Waals surface area contributed by atoms with Crippen LogP contribution in [0.5, 0.6) is 5.75 Å². The molecule has 0 radical (unpaired) electrons. The number of carbonyl (C=O) groups excluding carboxylic acids is 3. The summed E-state index contributed by atoms with van der Waals surface area (Å²) in [6.45, 7) is 1.54. The van der Waals surface area contributed by atoms with E-state index in [1.165, 1.54) is 19.3 Å². The van der Waals surface area contributed by atoms with Gasteiger partial charge in [-0.05, 0) is 79.2 Å². The molecule has 0 saturated heterocycles. The smallest absolute Gasteiger partial charge is 0.418 e. The van der Waals surface area contributed by atoms with E-state index < -0.39 is 40.4 Å². The second-order valence-corrected chi connectivity index (χ2v) is 11.4. The summed E-state index contributed by atoms with van der Waals surface area (Å²) >= 11 is 6.81. The molecule has 4 aromatic carbocycles. The van der Waals surface area contributed by atoms with E-state index in [-0.39, 0.29) is 10.7 Å². The molecule has 0 saturated carbocycles. The summed E-state index contributed by atoms with van der Waals surface area (Å²) in [6.07, 6.45) is -3.20. The first-order chi connectivity index (χ1) is 21.4. The summed E-state index contributed by atoms with van der Waals surface area (Å²) in [6, 6.07) is 25.0. The molecule has 0 aliphatic rings. The average Bonchev–Trinajstić information content (AvgIpc) is 3.01. The molecule has 12 heteroatoms.